The van der Waals surface area contributed by atoms with Gasteiger partial charge in [0.15, 0.2) is 0 Å². The summed E-state index contributed by atoms with van der Waals surface area (Å²) in [6, 6.07) is 6.51. The highest BCUT2D eigenvalue weighted by Gasteiger charge is 2.26. The molecule has 23 heavy (non-hydrogen) atoms. The molecule has 2 rings (SSSR count). The Morgan fingerprint density at radius 2 is 2.04 bits per heavy atom. The Morgan fingerprint density at radius 1 is 1.39 bits per heavy atom. The third kappa shape index (κ3) is 4.44. The maximum absolute atomic E-state index is 13.5. The molecule has 124 valence electrons. The molecule has 1 saturated heterocycles. The largest absolute Gasteiger partial charge is 0.490 e. The van der Waals surface area contributed by atoms with E-state index >= 15 is 0 Å². The van der Waals surface area contributed by atoms with Gasteiger partial charge in [0.2, 0.25) is 5.91 Å². The minimum Gasteiger partial charge on any atom is -0.490 e. The second kappa shape index (κ2) is 6.99. The minimum absolute atomic E-state index is 0.00713. The van der Waals surface area contributed by atoms with Crippen LogP contribution >= 0.6 is 0 Å². The number of amides is 1. The standard InChI is InChI=1S/C18H23FN2O2/c1-18(2,3)15-12-13(19)4-5-16(15)23-14-7-10-21(11-8-14)17(22)6-9-20/h4-5,12,14H,6-8,10-11H2,1-3H3. The van der Waals surface area contributed by atoms with E-state index in [0.29, 0.717) is 18.8 Å². The summed E-state index contributed by atoms with van der Waals surface area (Å²) < 4.78 is 19.6. The van der Waals surface area contributed by atoms with Crippen molar-refractivity contribution in [3.8, 4) is 11.8 Å². The summed E-state index contributed by atoms with van der Waals surface area (Å²) in [7, 11) is 0. The molecule has 1 aliphatic rings. The van der Waals surface area contributed by atoms with E-state index in [1.54, 1.807) is 11.0 Å². The third-order valence-corrected chi connectivity index (χ3v) is 4.07. The van der Waals surface area contributed by atoms with Crippen LogP contribution in [0.1, 0.15) is 45.6 Å². The van der Waals surface area contributed by atoms with E-state index in [-0.39, 0.29) is 29.7 Å². The molecule has 0 radical (unpaired) electrons. The maximum Gasteiger partial charge on any atom is 0.236 e. The van der Waals surface area contributed by atoms with Gasteiger partial charge in [-0.05, 0) is 23.6 Å². The molecule has 0 atom stereocenters. The fraction of sp³-hybridized carbons (Fsp3) is 0.556. The normalized spacial score (nSPS) is 16.0. The summed E-state index contributed by atoms with van der Waals surface area (Å²) in [5.41, 5.74) is 0.640. The van der Waals surface area contributed by atoms with Crippen LogP contribution in [0.3, 0.4) is 0 Å². The molecular formula is C18H23FN2O2. The second-order valence-corrected chi connectivity index (χ2v) is 6.92. The van der Waals surface area contributed by atoms with Gasteiger partial charge in [0.1, 0.15) is 24.1 Å². The number of ether oxygens (including phenoxy) is 1. The maximum atomic E-state index is 13.5. The van der Waals surface area contributed by atoms with E-state index in [1.807, 2.05) is 26.8 Å². The van der Waals surface area contributed by atoms with Crippen molar-refractivity contribution < 1.29 is 13.9 Å². The van der Waals surface area contributed by atoms with Gasteiger partial charge in [-0.2, -0.15) is 5.26 Å². The van der Waals surface area contributed by atoms with E-state index in [9.17, 15) is 9.18 Å². The molecule has 1 aromatic rings. The molecule has 0 aliphatic carbocycles. The number of carbonyl (C=O) groups excluding carboxylic acids is 1. The van der Waals surface area contributed by atoms with E-state index in [4.69, 9.17) is 10.00 Å². The van der Waals surface area contributed by atoms with Crippen molar-refractivity contribution in [3.05, 3.63) is 29.6 Å². The number of carbonyl (C=O) groups is 1. The molecule has 4 nitrogen and oxygen atoms in total. The zero-order valence-corrected chi connectivity index (χ0v) is 13.9. The van der Waals surface area contributed by atoms with E-state index < -0.39 is 0 Å². The Morgan fingerprint density at radius 3 is 2.61 bits per heavy atom. The van der Waals surface area contributed by atoms with Crippen LogP contribution in [-0.4, -0.2) is 30.0 Å². The van der Waals surface area contributed by atoms with Gasteiger partial charge in [-0.15, -0.1) is 0 Å². The number of halogens is 1. The highest BCUT2D eigenvalue weighted by Crippen LogP contribution is 2.33. The number of hydrogen-bond acceptors (Lipinski definition) is 3. The minimum atomic E-state index is -0.265. The first-order valence-electron chi connectivity index (χ1n) is 7.92. The van der Waals surface area contributed by atoms with Crippen molar-refractivity contribution >= 4 is 5.91 Å². The van der Waals surface area contributed by atoms with Gasteiger partial charge in [0.25, 0.3) is 0 Å². The zero-order chi connectivity index (χ0) is 17.0. The van der Waals surface area contributed by atoms with Gasteiger partial charge in [0.05, 0.1) is 6.07 Å². The molecule has 0 spiro atoms. The first kappa shape index (κ1) is 17.3. The summed E-state index contributed by atoms with van der Waals surface area (Å²) in [4.78, 5) is 13.4. The van der Waals surface area contributed by atoms with Crippen LogP contribution in [0.5, 0.6) is 5.75 Å². The van der Waals surface area contributed by atoms with Crippen LogP contribution in [0, 0.1) is 17.1 Å². The Labute approximate surface area is 136 Å². The van der Waals surface area contributed by atoms with E-state index in [0.717, 1.165) is 18.4 Å². The average molecular weight is 318 g/mol. The molecular weight excluding hydrogens is 295 g/mol. The number of benzene rings is 1. The Bertz CT molecular complexity index is 608. The van der Waals surface area contributed by atoms with Crippen LogP contribution in [-0.2, 0) is 10.2 Å². The van der Waals surface area contributed by atoms with Crippen LogP contribution in [0.2, 0.25) is 0 Å². The smallest absolute Gasteiger partial charge is 0.236 e. The van der Waals surface area contributed by atoms with Crippen molar-refractivity contribution in [1.29, 1.82) is 5.26 Å². The molecule has 0 unspecified atom stereocenters. The van der Waals surface area contributed by atoms with Gasteiger partial charge < -0.3 is 9.64 Å². The molecule has 5 heteroatoms. The van der Waals surface area contributed by atoms with Crippen LogP contribution in [0.4, 0.5) is 4.39 Å². The summed E-state index contributed by atoms with van der Waals surface area (Å²) in [6.45, 7) is 7.27. The van der Waals surface area contributed by atoms with E-state index in [1.165, 1.54) is 12.1 Å². The molecule has 1 heterocycles. The lowest BCUT2D eigenvalue weighted by atomic mass is 9.86. The molecule has 1 amide bonds. The lowest BCUT2D eigenvalue weighted by Crippen LogP contribution is -2.41. The second-order valence-electron chi connectivity index (χ2n) is 6.92. The first-order chi connectivity index (χ1) is 10.8. The fourth-order valence-electron chi connectivity index (χ4n) is 2.77. The monoisotopic (exact) mass is 318 g/mol. The zero-order valence-electron chi connectivity index (χ0n) is 13.9. The molecule has 0 bridgehead atoms. The van der Waals surface area contributed by atoms with Gasteiger partial charge in [-0.3, -0.25) is 4.79 Å². The lowest BCUT2D eigenvalue weighted by Gasteiger charge is -2.33. The van der Waals surface area contributed by atoms with Gasteiger partial charge in [0, 0.05) is 31.5 Å². The summed E-state index contributed by atoms with van der Waals surface area (Å²) in [6.07, 6.45) is 1.38. The van der Waals surface area contributed by atoms with Gasteiger partial charge in [-0.1, -0.05) is 20.8 Å². The number of rotatable bonds is 3. The Hall–Kier alpha value is -2.09. The van der Waals surface area contributed by atoms with Crippen LogP contribution < -0.4 is 4.74 Å². The van der Waals surface area contributed by atoms with Crippen molar-refractivity contribution in [2.75, 3.05) is 13.1 Å². The van der Waals surface area contributed by atoms with Crippen molar-refractivity contribution in [1.82, 2.24) is 4.90 Å². The molecule has 1 fully saturated rings. The first-order valence-corrected chi connectivity index (χ1v) is 7.92. The number of nitriles is 1. The molecule has 0 saturated carbocycles. The molecule has 0 aromatic heterocycles. The quantitative estimate of drug-likeness (QED) is 0.858. The molecule has 0 N–H and O–H groups in total. The Kier molecular flexibility index (Phi) is 5.25. The van der Waals surface area contributed by atoms with Gasteiger partial charge >= 0.3 is 0 Å². The SMILES string of the molecule is CC(C)(C)c1cc(F)ccc1OC1CCN(C(=O)CC#N)CC1. The number of piperidine rings is 1. The van der Waals surface area contributed by atoms with Gasteiger partial charge in [-0.25, -0.2) is 4.39 Å². The third-order valence-electron chi connectivity index (χ3n) is 4.07. The highest BCUT2D eigenvalue weighted by molar-refractivity contribution is 5.78. The predicted octanol–water partition coefficient (Wildman–Crippen LogP) is 3.41. The number of nitrogens with zero attached hydrogens (tertiary/aromatic N) is 2. The summed E-state index contributed by atoms with van der Waals surface area (Å²) in [5.74, 6) is 0.322. The molecule has 1 aliphatic heterocycles. The van der Waals surface area contributed by atoms with E-state index in [2.05, 4.69) is 0 Å². The summed E-state index contributed by atoms with van der Waals surface area (Å²) in [5, 5.41) is 8.59. The number of hydrogen-bond donors (Lipinski definition) is 0. The summed E-state index contributed by atoms with van der Waals surface area (Å²) >= 11 is 0. The number of likely N-dealkylation sites (tertiary alicyclic amines) is 1. The van der Waals surface area contributed by atoms with Crippen molar-refractivity contribution in [2.24, 2.45) is 0 Å². The fourth-order valence-corrected chi connectivity index (χ4v) is 2.77. The highest BCUT2D eigenvalue weighted by atomic mass is 19.1. The topological polar surface area (TPSA) is 53.3 Å². The molecule has 1 aromatic carbocycles. The average Bonchev–Trinajstić information content (AvgIpc) is 2.49. The Balaban J connectivity index is 2.02. The van der Waals surface area contributed by atoms with Crippen molar-refractivity contribution in [3.63, 3.8) is 0 Å². The van der Waals surface area contributed by atoms with Crippen LogP contribution in [0.15, 0.2) is 18.2 Å². The van der Waals surface area contributed by atoms with Crippen LogP contribution in [0.25, 0.3) is 0 Å². The lowest BCUT2D eigenvalue weighted by molar-refractivity contribution is -0.131. The van der Waals surface area contributed by atoms with Crippen molar-refractivity contribution in [2.45, 2.75) is 51.6 Å². The predicted molar refractivity (Wildman–Crippen MR) is 85.6 cm³/mol.